The number of carbonyl (C=O) groups is 1. The molecule has 124 valence electrons. The Bertz CT molecular complexity index is 565. The summed E-state index contributed by atoms with van der Waals surface area (Å²) in [6, 6.07) is 1.56. The van der Waals surface area contributed by atoms with E-state index >= 15 is 0 Å². The first-order chi connectivity index (χ1) is 11.1. The molecule has 1 aliphatic rings. The molecule has 2 rings (SSSR count). The lowest BCUT2D eigenvalue weighted by Crippen LogP contribution is -2.26. The highest BCUT2D eigenvalue weighted by molar-refractivity contribution is 6.67. The summed E-state index contributed by atoms with van der Waals surface area (Å²) in [5.74, 6) is 2.18. The Labute approximate surface area is 142 Å². The molecule has 0 saturated carbocycles. The van der Waals surface area contributed by atoms with Crippen LogP contribution in [0.15, 0.2) is 6.07 Å². The number of rotatable bonds is 4. The standard InChI is InChI=1S/C13H16BClN4O2.C2H6/c1-21-13(20)12-10(5-11(15)18-19-12)17-7-9-3-2-4-14(6-9)8-16;1-2/h5,9H,2-4,6-7H2,1H3,(H,17,18);1-2H3. The van der Waals surface area contributed by atoms with Crippen LogP contribution in [0.1, 0.15) is 37.2 Å². The summed E-state index contributed by atoms with van der Waals surface area (Å²) >= 11 is 5.82. The Morgan fingerprint density at radius 3 is 2.96 bits per heavy atom. The Morgan fingerprint density at radius 1 is 1.57 bits per heavy atom. The second-order valence-electron chi connectivity index (χ2n) is 5.16. The SMILES string of the molecule is CC.COC(=O)c1nnc(Cl)cc1NCC1CCCB(C#N)C1. The maximum Gasteiger partial charge on any atom is 0.360 e. The number of ether oxygens (including phenoxy) is 1. The zero-order valence-electron chi connectivity index (χ0n) is 13.8. The van der Waals surface area contributed by atoms with Crippen LogP contribution in [0.4, 0.5) is 5.69 Å². The second kappa shape index (κ2) is 10.1. The van der Waals surface area contributed by atoms with Crippen molar-refractivity contribution in [3.8, 4) is 5.97 Å². The number of methoxy groups -OCH3 is 1. The second-order valence-corrected chi connectivity index (χ2v) is 5.55. The topological polar surface area (TPSA) is 87.9 Å². The van der Waals surface area contributed by atoms with Crippen molar-refractivity contribution in [1.29, 1.82) is 5.26 Å². The number of nitriles is 1. The van der Waals surface area contributed by atoms with Crippen molar-refractivity contribution >= 4 is 30.0 Å². The van der Waals surface area contributed by atoms with Crippen LogP contribution in [0.25, 0.3) is 0 Å². The number of hydrogen-bond donors (Lipinski definition) is 1. The monoisotopic (exact) mass is 336 g/mol. The van der Waals surface area contributed by atoms with E-state index in [9.17, 15) is 4.79 Å². The van der Waals surface area contributed by atoms with Gasteiger partial charge in [0.15, 0.2) is 10.8 Å². The highest BCUT2D eigenvalue weighted by atomic mass is 35.5. The van der Waals surface area contributed by atoms with Gasteiger partial charge in [-0.3, -0.25) is 0 Å². The van der Waals surface area contributed by atoms with Crippen molar-refractivity contribution in [3.05, 3.63) is 16.9 Å². The van der Waals surface area contributed by atoms with Gasteiger partial charge in [-0.1, -0.05) is 50.9 Å². The molecule has 23 heavy (non-hydrogen) atoms. The molecule has 1 aromatic rings. The highest BCUT2D eigenvalue weighted by Gasteiger charge is 2.25. The molecular formula is C15H22BClN4O2. The predicted molar refractivity (Wildman–Crippen MR) is 91.9 cm³/mol. The van der Waals surface area contributed by atoms with Gasteiger partial charge in [0.2, 0.25) is 0 Å². The molecule has 0 spiro atoms. The van der Waals surface area contributed by atoms with Crippen LogP contribution < -0.4 is 5.32 Å². The van der Waals surface area contributed by atoms with Crippen molar-refractivity contribution < 1.29 is 9.53 Å². The molecule has 0 bridgehead atoms. The van der Waals surface area contributed by atoms with Crippen molar-refractivity contribution in [2.24, 2.45) is 5.92 Å². The molecule has 0 amide bonds. The molecule has 0 aromatic carbocycles. The van der Waals surface area contributed by atoms with Gasteiger partial charge in [0, 0.05) is 18.6 Å². The Morgan fingerprint density at radius 2 is 2.30 bits per heavy atom. The molecule has 2 heterocycles. The van der Waals surface area contributed by atoms with E-state index in [4.69, 9.17) is 16.9 Å². The van der Waals surface area contributed by atoms with Crippen LogP contribution in [0.2, 0.25) is 17.8 Å². The van der Waals surface area contributed by atoms with E-state index in [0.717, 1.165) is 25.5 Å². The first-order valence-corrected chi connectivity index (χ1v) is 8.27. The summed E-state index contributed by atoms with van der Waals surface area (Å²) in [6.45, 7) is 4.80. The number of anilines is 1. The fourth-order valence-electron chi connectivity index (χ4n) is 2.60. The number of hydrogen-bond acceptors (Lipinski definition) is 6. The fraction of sp³-hybridized carbons (Fsp3) is 0.600. The molecule has 0 aliphatic carbocycles. The molecule has 1 saturated heterocycles. The zero-order chi connectivity index (χ0) is 17.2. The third-order valence-electron chi connectivity index (χ3n) is 3.69. The number of esters is 1. The van der Waals surface area contributed by atoms with Crippen molar-refractivity contribution in [2.45, 2.75) is 39.3 Å². The van der Waals surface area contributed by atoms with Crippen LogP contribution in [0.5, 0.6) is 0 Å². The first kappa shape index (κ1) is 19.2. The molecule has 6 nitrogen and oxygen atoms in total. The van der Waals surface area contributed by atoms with Crippen LogP contribution in [-0.2, 0) is 4.74 Å². The van der Waals surface area contributed by atoms with Gasteiger partial charge >= 0.3 is 5.97 Å². The largest absolute Gasteiger partial charge is 0.464 e. The number of halogens is 1. The van der Waals surface area contributed by atoms with Gasteiger partial charge < -0.3 is 10.1 Å². The van der Waals surface area contributed by atoms with Gasteiger partial charge in [-0.25, -0.2) is 10.1 Å². The maximum atomic E-state index is 11.6. The molecule has 0 radical (unpaired) electrons. The molecule has 1 atom stereocenters. The Kier molecular flexibility index (Phi) is 8.42. The van der Waals surface area contributed by atoms with Crippen LogP contribution in [0, 0.1) is 17.1 Å². The summed E-state index contributed by atoms with van der Waals surface area (Å²) < 4.78 is 4.68. The van der Waals surface area contributed by atoms with Crippen molar-refractivity contribution in [2.75, 3.05) is 19.0 Å². The smallest absolute Gasteiger partial charge is 0.360 e. The predicted octanol–water partition coefficient (Wildman–Crippen LogP) is 3.32. The van der Waals surface area contributed by atoms with Crippen LogP contribution >= 0.6 is 11.6 Å². The van der Waals surface area contributed by atoms with E-state index in [2.05, 4.69) is 26.2 Å². The van der Waals surface area contributed by atoms with Gasteiger partial charge in [0.05, 0.1) is 12.8 Å². The minimum Gasteiger partial charge on any atom is -0.464 e. The van der Waals surface area contributed by atoms with Gasteiger partial charge in [-0.05, 0) is 5.92 Å². The molecule has 1 unspecified atom stereocenters. The minimum absolute atomic E-state index is 0.120. The number of nitrogens with one attached hydrogen (secondary N) is 1. The third-order valence-corrected chi connectivity index (χ3v) is 3.87. The Hall–Kier alpha value is -1.81. The molecule has 1 N–H and O–H groups in total. The lowest BCUT2D eigenvalue weighted by atomic mass is 9.41. The summed E-state index contributed by atoms with van der Waals surface area (Å²) in [6.07, 6.45) is 3.99. The van der Waals surface area contributed by atoms with Crippen molar-refractivity contribution in [3.63, 3.8) is 0 Å². The summed E-state index contributed by atoms with van der Waals surface area (Å²) in [5, 5.41) is 19.8. The van der Waals surface area contributed by atoms with E-state index in [1.807, 2.05) is 13.8 Å². The van der Waals surface area contributed by atoms with E-state index in [-0.39, 0.29) is 17.6 Å². The first-order valence-electron chi connectivity index (χ1n) is 7.89. The van der Waals surface area contributed by atoms with Gasteiger partial charge in [-0.15, -0.1) is 10.2 Å². The third kappa shape index (κ3) is 5.72. The normalized spacial score (nSPS) is 16.7. The molecule has 1 aliphatic heterocycles. The van der Waals surface area contributed by atoms with Crippen LogP contribution in [-0.4, -0.2) is 36.5 Å². The quantitative estimate of drug-likeness (QED) is 0.670. The molecule has 8 heteroatoms. The van der Waals surface area contributed by atoms with Gasteiger partial charge in [0.25, 0.3) is 6.71 Å². The number of aromatic nitrogens is 2. The zero-order valence-corrected chi connectivity index (χ0v) is 14.6. The Balaban J connectivity index is 0.00000127. The number of carbonyl (C=O) groups excluding carboxylic acids is 1. The highest BCUT2D eigenvalue weighted by Crippen LogP contribution is 2.26. The number of nitrogens with zero attached hydrogens (tertiary/aromatic N) is 3. The lowest BCUT2D eigenvalue weighted by Gasteiger charge is -2.24. The molecule has 1 fully saturated rings. The van der Waals surface area contributed by atoms with E-state index in [1.165, 1.54) is 7.11 Å². The summed E-state index contributed by atoms with van der Waals surface area (Å²) in [4.78, 5) is 11.6. The van der Waals surface area contributed by atoms with Crippen LogP contribution in [0.3, 0.4) is 0 Å². The van der Waals surface area contributed by atoms with E-state index in [1.54, 1.807) is 6.07 Å². The van der Waals surface area contributed by atoms with Gasteiger partial charge in [-0.2, -0.15) is 0 Å². The average molecular weight is 337 g/mol. The molecular weight excluding hydrogens is 314 g/mol. The molecule has 1 aromatic heterocycles. The van der Waals surface area contributed by atoms with Gasteiger partial charge in [0.1, 0.15) is 0 Å². The van der Waals surface area contributed by atoms with Crippen molar-refractivity contribution in [1.82, 2.24) is 10.2 Å². The minimum atomic E-state index is -0.555. The lowest BCUT2D eigenvalue weighted by molar-refractivity contribution is 0.0594. The summed E-state index contributed by atoms with van der Waals surface area (Å²) in [5.41, 5.74) is 0.635. The fourth-order valence-corrected chi connectivity index (χ4v) is 2.75. The maximum absolute atomic E-state index is 11.6. The van der Waals surface area contributed by atoms with E-state index < -0.39 is 5.97 Å². The summed E-state index contributed by atoms with van der Waals surface area (Å²) in [7, 11) is 1.29. The average Bonchev–Trinajstić information content (AvgIpc) is 2.61. The van der Waals surface area contributed by atoms with E-state index in [0.29, 0.717) is 18.2 Å².